The van der Waals surface area contributed by atoms with Crippen LogP contribution in [0.15, 0.2) is 12.2 Å². The number of ether oxygens (including phenoxy) is 1. The number of amides is 1. The SMILES string of the molecule is C=C(C(CC(=O)C(C)(C)C)NC(=O)COCCNC(C)(C)C)C(C)(C)C. The molecule has 0 saturated carbocycles. The van der Waals surface area contributed by atoms with Gasteiger partial charge >= 0.3 is 0 Å². The third-order valence-corrected chi connectivity index (χ3v) is 4.08. The maximum Gasteiger partial charge on any atom is 0.246 e. The van der Waals surface area contributed by atoms with Crippen LogP contribution in [0.5, 0.6) is 0 Å². The Hall–Kier alpha value is -1.20. The standard InChI is InChI=1S/C21H40N2O3/c1-15(19(2,3)4)16(13-17(24)20(5,6)7)23-18(25)14-26-12-11-22-21(8,9)10/h16,22H,1,11-14H2,2-10H3,(H,23,25). The van der Waals surface area contributed by atoms with Crippen LogP contribution in [0.4, 0.5) is 0 Å². The van der Waals surface area contributed by atoms with E-state index in [0.717, 1.165) is 5.57 Å². The number of nitrogens with one attached hydrogen (secondary N) is 2. The Bertz CT molecular complexity index is 491. The average Bonchev–Trinajstić information content (AvgIpc) is 2.42. The molecule has 0 rings (SSSR count). The smallest absolute Gasteiger partial charge is 0.246 e. The van der Waals surface area contributed by atoms with Crippen molar-refractivity contribution < 1.29 is 14.3 Å². The van der Waals surface area contributed by atoms with Gasteiger partial charge in [0.25, 0.3) is 0 Å². The van der Waals surface area contributed by atoms with Crippen LogP contribution >= 0.6 is 0 Å². The number of Topliss-reactive ketones (excluding diaryl/α,β-unsaturated/α-hetero) is 1. The maximum absolute atomic E-state index is 12.4. The van der Waals surface area contributed by atoms with Crippen molar-refractivity contribution in [2.24, 2.45) is 10.8 Å². The molecule has 0 bridgehead atoms. The lowest BCUT2D eigenvalue weighted by atomic mass is 9.78. The zero-order valence-electron chi connectivity index (χ0n) is 18.3. The van der Waals surface area contributed by atoms with E-state index in [9.17, 15) is 9.59 Å². The van der Waals surface area contributed by atoms with Crippen LogP contribution in [0, 0.1) is 10.8 Å². The van der Waals surface area contributed by atoms with Gasteiger partial charge in [0, 0.05) is 23.9 Å². The molecule has 26 heavy (non-hydrogen) atoms. The molecule has 0 radical (unpaired) electrons. The van der Waals surface area contributed by atoms with Gasteiger partial charge in [0.2, 0.25) is 5.91 Å². The number of carbonyl (C=O) groups excluding carboxylic acids is 2. The Morgan fingerprint density at radius 2 is 1.50 bits per heavy atom. The fraction of sp³-hybridized carbons (Fsp3) is 0.810. The molecule has 0 fully saturated rings. The molecule has 1 unspecified atom stereocenters. The van der Waals surface area contributed by atoms with Gasteiger partial charge < -0.3 is 15.4 Å². The number of hydrogen-bond acceptors (Lipinski definition) is 4. The van der Waals surface area contributed by atoms with Crippen LogP contribution in [0.25, 0.3) is 0 Å². The van der Waals surface area contributed by atoms with Crippen molar-refractivity contribution in [3.8, 4) is 0 Å². The highest BCUT2D eigenvalue weighted by atomic mass is 16.5. The van der Waals surface area contributed by atoms with Crippen molar-refractivity contribution in [3.63, 3.8) is 0 Å². The van der Waals surface area contributed by atoms with Gasteiger partial charge in [-0.05, 0) is 31.8 Å². The minimum absolute atomic E-state index is 0.0223. The lowest BCUT2D eigenvalue weighted by Crippen LogP contribution is -2.44. The van der Waals surface area contributed by atoms with Crippen LogP contribution in [0.1, 0.15) is 68.7 Å². The molecule has 0 aliphatic carbocycles. The fourth-order valence-electron chi connectivity index (χ4n) is 2.17. The first kappa shape index (κ1) is 24.8. The highest BCUT2D eigenvalue weighted by Crippen LogP contribution is 2.29. The molecular weight excluding hydrogens is 328 g/mol. The van der Waals surface area contributed by atoms with Gasteiger partial charge in [0.05, 0.1) is 12.6 Å². The zero-order valence-corrected chi connectivity index (χ0v) is 18.3. The first-order valence-corrected chi connectivity index (χ1v) is 9.39. The van der Waals surface area contributed by atoms with Gasteiger partial charge in [-0.25, -0.2) is 0 Å². The van der Waals surface area contributed by atoms with Gasteiger partial charge in [-0.1, -0.05) is 48.1 Å². The van der Waals surface area contributed by atoms with Gasteiger partial charge in [-0.3, -0.25) is 9.59 Å². The maximum atomic E-state index is 12.4. The zero-order chi connectivity index (χ0) is 20.8. The van der Waals surface area contributed by atoms with Crippen molar-refractivity contribution in [2.45, 2.75) is 80.3 Å². The van der Waals surface area contributed by atoms with Crippen molar-refractivity contribution in [1.82, 2.24) is 10.6 Å². The van der Waals surface area contributed by atoms with Gasteiger partial charge in [0.15, 0.2) is 0 Å². The monoisotopic (exact) mass is 368 g/mol. The molecule has 0 aromatic carbocycles. The average molecular weight is 369 g/mol. The fourth-order valence-corrected chi connectivity index (χ4v) is 2.17. The van der Waals surface area contributed by atoms with E-state index >= 15 is 0 Å². The first-order valence-electron chi connectivity index (χ1n) is 9.39. The highest BCUT2D eigenvalue weighted by Gasteiger charge is 2.30. The van der Waals surface area contributed by atoms with Crippen LogP contribution in [-0.2, 0) is 14.3 Å². The van der Waals surface area contributed by atoms with E-state index in [1.165, 1.54) is 0 Å². The number of hydrogen-bond donors (Lipinski definition) is 2. The minimum Gasteiger partial charge on any atom is -0.370 e. The second kappa shape index (κ2) is 9.65. The van der Waals surface area contributed by atoms with Crippen LogP contribution in [0.3, 0.4) is 0 Å². The summed E-state index contributed by atoms with van der Waals surface area (Å²) in [6.07, 6.45) is 0.247. The highest BCUT2D eigenvalue weighted by molar-refractivity contribution is 5.86. The minimum atomic E-state index is -0.448. The lowest BCUT2D eigenvalue weighted by molar-refractivity contribution is -0.128. The molecule has 0 aliphatic heterocycles. The summed E-state index contributed by atoms with van der Waals surface area (Å²) in [5, 5.41) is 6.23. The van der Waals surface area contributed by atoms with Crippen LogP contribution in [0.2, 0.25) is 0 Å². The summed E-state index contributed by atoms with van der Waals surface area (Å²) in [5.74, 6) is -0.124. The molecule has 0 heterocycles. The van der Waals surface area contributed by atoms with E-state index in [1.807, 2.05) is 41.5 Å². The number of carbonyl (C=O) groups is 2. The first-order chi connectivity index (χ1) is 11.5. The summed E-state index contributed by atoms with van der Waals surface area (Å²) >= 11 is 0. The Labute approximate surface area is 160 Å². The van der Waals surface area contributed by atoms with Crippen molar-refractivity contribution in [1.29, 1.82) is 0 Å². The third kappa shape index (κ3) is 10.7. The summed E-state index contributed by atoms with van der Waals surface area (Å²) in [6.45, 7) is 23.2. The molecule has 5 heteroatoms. The largest absolute Gasteiger partial charge is 0.370 e. The predicted octanol–water partition coefficient (Wildman–Crippen LogP) is 3.48. The van der Waals surface area contributed by atoms with E-state index in [1.54, 1.807) is 0 Å². The predicted molar refractivity (Wildman–Crippen MR) is 108 cm³/mol. The molecule has 0 aromatic rings. The van der Waals surface area contributed by atoms with Crippen LogP contribution < -0.4 is 10.6 Å². The molecule has 0 aliphatic rings. The molecule has 0 aromatic heterocycles. The van der Waals surface area contributed by atoms with Crippen LogP contribution in [-0.4, -0.2) is 43.0 Å². The van der Waals surface area contributed by atoms with Crippen molar-refractivity contribution in [2.75, 3.05) is 19.8 Å². The van der Waals surface area contributed by atoms with E-state index in [0.29, 0.717) is 13.2 Å². The molecule has 152 valence electrons. The third-order valence-electron chi connectivity index (χ3n) is 4.08. The molecule has 5 nitrogen and oxygen atoms in total. The lowest BCUT2D eigenvalue weighted by Gasteiger charge is -2.31. The normalized spacial score (nSPS) is 14.0. The molecule has 2 N–H and O–H groups in total. The number of rotatable bonds is 9. The van der Waals surface area contributed by atoms with E-state index < -0.39 is 5.41 Å². The van der Waals surface area contributed by atoms with E-state index in [2.05, 4.69) is 38.0 Å². The Morgan fingerprint density at radius 3 is 1.92 bits per heavy atom. The number of ketones is 1. The van der Waals surface area contributed by atoms with E-state index in [-0.39, 0.29) is 41.7 Å². The Balaban J connectivity index is 4.69. The topological polar surface area (TPSA) is 67.4 Å². The second-order valence-corrected chi connectivity index (χ2v) is 10.0. The summed E-state index contributed by atoms with van der Waals surface area (Å²) < 4.78 is 5.44. The Morgan fingerprint density at radius 1 is 0.962 bits per heavy atom. The summed E-state index contributed by atoms with van der Waals surface area (Å²) in [6, 6.07) is -0.384. The summed E-state index contributed by atoms with van der Waals surface area (Å²) in [5.41, 5.74) is 0.219. The Kier molecular flexibility index (Phi) is 9.21. The van der Waals surface area contributed by atoms with E-state index in [4.69, 9.17) is 4.74 Å². The van der Waals surface area contributed by atoms with Gasteiger partial charge in [-0.15, -0.1) is 0 Å². The summed E-state index contributed by atoms with van der Waals surface area (Å²) in [7, 11) is 0. The van der Waals surface area contributed by atoms with Gasteiger partial charge in [0.1, 0.15) is 12.4 Å². The molecule has 0 spiro atoms. The molecule has 0 saturated heterocycles. The molecular formula is C21H40N2O3. The summed E-state index contributed by atoms with van der Waals surface area (Å²) in [4.78, 5) is 24.7. The molecule has 1 atom stereocenters. The second-order valence-electron chi connectivity index (χ2n) is 10.0. The molecule has 1 amide bonds. The van der Waals surface area contributed by atoms with Gasteiger partial charge in [-0.2, -0.15) is 0 Å². The van der Waals surface area contributed by atoms with Crippen molar-refractivity contribution >= 4 is 11.7 Å². The van der Waals surface area contributed by atoms with Crippen molar-refractivity contribution in [3.05, 3.63) is 12.2 Å². The quantitative estimate of drug-likeness (QED) is 0.483.